The second kappa shape index (κ2) is 9.54. The van der Waals surface area contributed by atoms with Gasteiger partial charge in [-0.1, -0.05) is 50.8 Å². The maximum Gasteiger partial charge on any atom is 0.303 e. The number of hydrogen-bond acceptors (Lipinski definition) is 3. The molecule has 0 aliphatic carbocycles. The van der Waals surface area contributed by atoms with Crippen LogP contribution in [0.5, 0.6) is 0 Å². The first kappa shape index (κ1) is 16.7. The largest absolute Gasteiger partial charge is 0.458 e. The average Bonchev–Trinajstić information content (AvgIpc) is 2.45. The Balaban J connectivity index is 2.60. The van der Waals surface area contributed by atoms with E-state index in [4.69, 9.17) is 4.74 Å². The Morgan fingerprint density at radius 1 is 1.25 bits per heavy atom. The van der Waals surface area contributed by atoms with Crippen molar-refractivity contribution in [2.24, 2.45) is 0 Å². The lowest BCUT2D eigenvalue weighted by atomic mass is 10.0. The highest BCUT2D eigenvalue weighted by atomic mass is 16.5. The van der Waals surface area contributed by atoms with Crippen LogP contribution in [0.3, 0.4) is 0 Å². The van der Waals surface area contributed by atoms with Gasteiger partial charge in [-0.25, -0.2) is 0 Å². The standard InChI is InChI=1S/C17H26O3/c1-3-4-5-6-7-11-17(20-14(2)19)16-10-8-9-15(12-16)13-18/h8-10,12,17-18H,3-7,11,13H2,1-2H3/t17-/m1/s1. The van der Waals surface area contributed by atoms with Gasteiger partial charge in [0.25, 0.3) is 0 Å². The summed E-state index contributed by atoms with van der Waals surface area (Å²) in [5, 5.41) is 9.19. The Morgan fingerprint density at radius 3 is 2.65 bits per heavy atom. The molecule has 0 aliphatic rings. The molecule has 1 aromatic rings. The first-order chi connectivity index (χ1) is 9.67. The van der Waals surface area contributed by atoms with Crippen molar-refractivity contribution in [1.82, 2.24) is 0 Å². The summed E-state index contributed by atoms with van der Waals surface area (Å²) in [6, 6.07) is 7.64. The number of hydrogen-bond donors (Lipinski definition) is 1. The molecule has 0 saturated carbocycles. The van der Waals surface area contributed by atoms with Crippen molar-refractivity contribution in [2.45, 2.75) is 65.1 Å². The molecule has 3 heteroatoms. The smallest absolute Gasteiger partial charge is 0.303 e. The number of aliphatic hydroxyl groups is 1. The molecule has 20 heavy (non-hydrogen) atoms. The van der Waals surface area contributed by atoms with Gasteiger partial charge in [-0.3, -0.25) is 4.79 Å². The molecule has 3 nitrogen and oxygen atoms in total. The Bertz CT molecular complexity index is 401. The third kappa shape index (κ3) is 6.20. The predicted octanol–water partition coefficient (Wildman–Crippen LogP) is 4.14. The number of carbonyl (C=O) groups excluding carboxylic acids is 1. The van der Waals surface area contributed by atoms with Crippen LogP contribution in [0.4, 0.5) is 0 Å². The van der Waals surface area contributed by atoms with Crippen LogP contribution >= 0.6 is 0 Å². The number of rotatable bonds is 9. The molecular weight excluding hydrogens is 252 g/mol. The highest BCUT2D eigenvalue weighted by molar-refractivity contribution is 5.66. The number of esters is 1. The first-order valence-corrected chi connectivity index (χ1v) is 7.54. The minimum atomic E-state index is -0.252. The summed E-state index contributed by atoms with van der Waals surface area (Å²) in [4.78, 5) is 11.2. The van der Waals surface area contributed by atoms with Crippen molar-refractivity contribution < 1.29 is 14.6 Å². The number of benzene rings is 1. The van der Waals surface area contributed by atoms with Gasteiger partial charge in [0.2, 0.25) is 0 Å². The zero-order valence-corrected chi connectivity index (χ0v) is 12.6. The van der Waals surface area contributed by atoms with Gasteiger partial charge in [-0.05, 0) is 30.0 Å². The number of carbonyl (C=O) groups is 1. The molecule has 0 fully saturated rings. The molecule has 0 radical (unpaired) electrons. The number of ether oxygens (including phenoxy) is 1. The minimum absolute atomic E-state index is 0.0110. The number of aliphatic hydroxyl groups excluding tert-OH is 1. The lowest BCUT2D eigenvalue weighted by molar-refractivity contribution is -0.147. The van der Waals surface area contributed by atoms with Crippen molar-refractivity contribution in [2.75, 3.05) is 0 Å². The Kier molecular flexibility index (Phi) is 7.97. The number of unbranched alkanes of at least 4 members (excludes halogenated alkanes) is 4. The molecule has 0 spiro atoms. The summed E-state index contributed by atoms with van der Waals surface area (Å²) in [7, 11) is 0. The summed E-state index contributed by atoms with van der Waals surface area (Å²) in [5.41, 5.74) is 1.83. The van der Waals surface area contributed by atoms with E-state index in [1.807, 2.05) is 24.3 Å². The second-order valence-electron chi connectivity index (χ2n) is 5.20. The fraction of sp³-hybridized carbons (Fsp3) is 0.588. The van der Waals surface area contributed by atoms with Gasteiger partial charge >= 0.3 is 5.97 Å². The molecule has 1 rings (SSSR count). The van der Waals surface area contributed by atoms with Crippen molar-refractivity contribution >= 4 is 5.97 Å². The van der Waals surface area contributed by atoms with Crippen LogP contribution in [-0.4, -0.2) is 11.1 Å². The summed E-state index contributed by atoms with van der Waals surface area (Å²) >= 11 is 0. The van der Waals surface area contributed by atoms with E-state index in [1.54, 1.807) is 0 Å². The molecule has 0 saturated heterocycles. The van der Waals surface area contributed by atoms with Crippen LogP contribution in [0.15, 0.2) is 24.3 Å². The maximum absolute atomic E-state index is 11.2. The average molecular weight is 278 g/mol. The SMILES string of the molecule is CCCCCCC[C@@H](OC(C)=O)c1cccc(CO)c1. The van der Waals surface area contributed by atoms with E-state index in [9.17, 15) is 9.90 Å². The van der Waals surface area contributed by atoms with Crippen molar-refractivity contribution in [1.29, 1.82) is 0 Å². The molecule has 0 aliphatic heterocycles. The van der Waals surface area contributed by atoms with E-state index in [2.05, 4.69) is 6.92 Å². The summed E-state index contributed by atoms with van der Waals surface area (Å²) in [5.74, 6) is -0.252. The van der Waals surface area contributed by atoms with Crippen LogP contribution in [0.1, 0.15) is 69.6 Å². The lowest BCUT2D eigenvalue weighted by Gasteiger charge is -2.18. The molecule has 0 amide bonds. The van der Waals surface area contributed by atoms with Gasteiger partial charge in [0, 0.05) is 6.92 Å². The third-order valence-electron chi connectivity index (χ3n) is 3.38. The van der Waals surface area contributed by atoms with Gasteiger partial charge in [0.05, 0.1) is 6.61 Å². The normalized spacial score (nSPS) is 12.2. The molecule has 112 valence electrons. The van der Waals surface area contributed by atoms with Gasteiger partial charge in [0.1, 0.15) is 6.10 Å². The predicted molar refractivity (Wildman–Crippen MR) is 80.2 cm³/mol. The Labute approximate surface area is 122 Å². The topological polar surface area (TPSA) is 46.5 Å². The van der Waals surface area contributed by atoms with E-state index >= 15 is 0 Å². The summed E-state index contributed by atoms with van der Waals surface area (Å²) in [6.45, 7) is 3.65. The molecule has 0 unspecified atom stereocenters. The fourth-order valence-corrected chi connectivity index (χ4v) is 2.32. The Hall–Kier alpha value is -1.35. The Morgan fingerprint density at radius 2 is 2.00 bits per heavy atom. The molecule has 0 aromatic heterocycles. The molecule has 0 heterocycles. The van der Waals surface area contributed by atoms with E-state index in [0.717, 1.165) is 24.0 Å². The summed E-state index contributed by atoms with van der Waals surface area (Å²) < 4.78 is 5.42. The van der Waals surface area contributed by atoms with Crippen LogP contribution in [0.2, 0.25) is 0 Å². The van der Waals surface area contributed by atoms with E-state index in [1.165, 1.54) is 32.6 Å². The molecular formula is C17H26O3. The van der Waals surface area contributed by atoms with Gasteiger partial charge in [-0.15, -0.1) is 0 Å². The minimum Gasteiger partial charge on any atom is -0.458 e. The van der Waals surface area contributed by atoms with Crippen molar-refractivity contribution in [3.05, 3.63) is 35.4 Å². The highest BCUT2D eigenvalue weighted by Gasteiger charge is 2.14. The fourth-order valence-electron chi connectivity index (χ4n) is 2.32. The van der Waals surface area contributed by atoms with E-state index in [-0.39, 0.29) is 18.7 Å². The summed E-state index contributed by atoms with van der Waals surface area (Å²) in [6.07, 6.45) is 6.61. The monoisotopic (exact) mass is 278 g/mol. The van der Waals surface area contributed by atoms with Crippen LogP contribution < -0.4 is 0 Å². The van der Waals surface area contributed by atoms with Gasteiger partial charge < -0.3 is 9.84 Å². The van der Waals surface area contributed by atoms with Crippen LogP contribution in [0.25, 0.3) is 0 Å². The molecule has 0 bridgehead atoms. The molecule has 1 aromatic carbocycles. The van der Waals surface area contributed by atoms with Crippen molar-refractivity contribution in [3.8, 4) is 0 Å². The zero-order valence-electron chi connectivity index (χ0n) is 12.6. The van der Waals surface area contributed by atoms with Crippen molar-refractivity contribution in [3.63, 3.8) is 0 Å². The quantitative estimate of drug-likeness (QED) is 0.545. The van der Waals surface area contributed by atoms with Crippen LogP contribution in [0, 0.1) is 0 Å². The zero-order chi connectivity index (χ0) is 14.8. The maximum atomic E-state index is 11.2. The van der Waals surface area contributed by atoms with E-state index < -0.39 is 0 Å². The van der Waals surface area contributed by atoms with Crippen LogP contribution in [-0.2, 0) is 16.1 Å². The molecule has 1 N–H and O–H groups in total. The van der Waals surface area contributed by atoms with E-state index in [0.29, 0.717) is 0 Å². The third-order valence-corrected chi connectivity index (χ3v) is 3.38. The van der Waals surface area contributed by atoms with Gasteiger partial charge in [0.15, 0.2) is 0 Å². The van der Waals surface area contributed by atoms with Gasteiger partial charge in [-0.2, -0.15) is 0 Å². The lowest BCUT2D eigenvalue weighted by Crippen LogP contribution is -2.09. The first-order valence-electron chi connectivity index (χ1n) is 7.54. The second-order valence-corrected chi connectivity index (χ2v) is 5.20. The highest BCUT2D eigenvalue weighted by Crippen LogP contribution is 2.25. The molecule has 1 atom stereocenters.